The lowest BCUT2D eigenvalue weighted by atomic mass is 10.0. The van der Waals surface area contributed by atoms with Gasteiger partial charge < -0.3 is 20.1 Å². The summed E-state index contributed by atoms with van der Waals surface area (Å²) in [7, 11) is 1.44. The maximum absolute atomic E-state index is 12.9. The van der Waals surface area contributed by atoms with Crippen molar-refractivity contribution in [2.45, 2.75) is 19.6 Å². The zero-order valence-corrected chi connectivity index (χ0v) is 15.5. The molecule has 0 aliphatic carbocycles. The molecule has 1 aliphatic heterocycles. The van der Waals surface area contributed by atoms with Crippen molar-refractivity contribution in [2.24, 2.45) is 0 Å². The van der Waals surface area contributed by atoms with Crippen LogP contribution in [-0.2, 0) is 24.4 Å². The minimum atomic E-state index is -0.325. The second-order valence-electron chi connectivity index (χ2n) is 6.14. The van der Waals surface area contributed by atoms with Crippen LogP contribution < -0.4 is 10.1 Å². The summed E-state index contributed by atoms with van der Waals surface area (Å²) in [4.78, 5) is 25.9. The first-order valence-corrected chi connectivity index (χ1v) is 8.68. The number of phenols is 1. The molecule has 0 atom stereocenters. The third-order valence-electron chi connectivity index (χ3n) is 4.51. The monoisotopic (exact) mass is 386 g/mol. The third kappa shape index (κ3) is 3.75. The van der Waals surface area contributed by atoms with Crippen molar-refractivity contribution in [1.29, 1.82) is 0 Å². The van der Waals surface area contributed by atoms with Crippen molar-refractivity contribution >= 4 is 23.4 Å². The summed E-state index contributed by atoms with van der Waals surface area (Å²) in [6, 6.07) is 8.49. The molecule has 2 amide bonds. The van der Waals surface area contributed by atoms with E-state index in [1.165, 1.54) is 25.3 Å². The third-order valence-corrected chi connectivity index (χ3v) is 4.80. The van der Waals surface area contributed by atoms with Crippen LogP contribution >= 0.6 is 11.6 Å². The summed E-state index contributed by atoms with van der Waals surface area (Å²) in [5.41, 5.74) is 3.06. The van der Waals surface area contributed by atoms with Crippen LogP contribution in [0.5, 0.6) is 11.5 Å². The molecule has 7 heteroatoms. The SMILES string of the molecule is C=CC(=O)NCc1cccc2c1CN(C(=O)c1cc(Cl)c(OC)cc1O)C2. The fourth-order valence-corrected chi connectivity index (χ4v) is 3.34. The predicted molar refractivity (Wildman–Crippen MR) is 102 cm³/mol. The number of hydrogen-bond acceptors (Lipinski definition) is 4. The van der Waals surface area contributed by atoms with Gasteiger partial charge in [-0.25, -0.2) is 0 Å². The van der Waals surface area contributed by atoms with Crippen molar-refractivity contribution in [3.05, 3.63) is 70.3 Å². The molecular weight excluding hydrogens is 368 g/mol. The number of phenolic OH excluding ortho intramolecular Hbond substituents is 1. The number of halogens is 1. The lowest BCUT2D eigenvalue weighted by Gasteiger charge is -2.17. The number of rotatable bonds is 5. The van der Waals surface area contributed by atoms with E-state index in [-0.39, 0.29) is 28.1 Å². The quantitative estimate of drug-likeness (QED) is 0.774. The van der Waals surface area contributed by atoms with Gasteiger partial charge in [-0.05, 0) is 28.8 Å². The summed E-state index contributed by atoms with van der Waals surface area (Å²) in [5.74, 6) is -0.461. The van der Waals surface area contributed by atoms with Gasteiger partial charge in [-0.3, -0.25) is 9.59 Å². The van der Waals surface area contributed by atoms with Gasteiger partial charge in [0.25, 0.3) is 5.91 Å². The summed E-state index contributed by atoms with van der Waals surface area (Å²) >= 11 is 6.10. The van der Waals surface area contributed by atoms with Crippen LogP contribution in [0.4, 0.5) is 0 Å². The van der Waals surface area contributed by atoms with E-state index in [1.54, 1.807) is 4.90 Å². The molecule has 1 aliphatic rings. The topological polar surface area (TPSA) is 78.9 Å². The standard InChI is InChI=1S/C20H19ClN2O4/c1-3-19(25)22-9-12-5-4-6-13-10-23(11-15(12)13)20(26)14-7-16(21)18(27-2)8-17(14)24/h3-8,24H,1,9-11H2,2H3,(H,22,25). The van der Waals surface area contributed by atoms with E-state index in [9.17, 15) is 14.7 Å². The van der Waals surface area contributed by atoms with Crippen LogP contribution in [0, 0.1) is 0 Å². The number of methoxy groups -OCH3 is 1. The van der Waals surface area contributed by atoms with Crippen molar-refractivity contribution in [3.63, 3.8) is 0 Å². The molecule has 0 radical (unpaired) electrons. The van der Waals surface area contributed by atoms with Crippen molar-refractivity contribution in [2.75, 3.05) is 7.11 Å². The number of nitrogens with zero attached hydrogens (tertiary/aromatic N) is 1. The minimum Gasteiger partial charge on any atom is -0.507 e. The maximum Gasteiger partial charge on any atom is 0.258 e. The van der Waals surface area contributed by atoms with Crippen LogP contribution in [0.3, 0.4) is 0 Å². The lowest BCUT2D eigenvalue weighted by Crippen LogP contribution is -2.26. The summed E-state index contributed by atoms with van der Waals surface area (Å²) in [5, 5.41) is 13.2. The average Bonchev–Trinajstić information content (AvgIpc) is 3.11. The highest BCUT2D eigenvalue weighted by Crippen LogP contribution is 2.34. The Morgan fingerprint density at radius 2 is 2.15 bits per heavy atom. The van der Waals surface area contributed by atoms with Crippen LogP contribution in [0.1, 0.15) is 27.0 Å². The number of carbonyl (C=O) groups is 2. The van der Waals surface area contributed by atoms with Gasteiger partial charge in [0, 0.05) is 25.7 Å². The molecule has 2 aromatic rings. The Bertz CT molecular complexity index is 926. The molecule has 0 bridgehead atoms. The highest BCUT2D eigenvalue weighted by atomic mass is 35.5. The van der Waals surface area contributed by atoms with Crippen LogP contribution in [0.25, 0.3) is 0 Å². The van der Waals surface area contributed by atoms with E-state index < -0.39 is 0 Å². The normalized spacial score (nSPS) is 12.4. The summed E-state index contributed by atoms with van der Waals surface area (Å²) in [6.07, 6.45) is 1.22. The first-order valence-electron chi connectivity index (χ1n) is 8.30. The number of hydrogen-bond donors (Lipinski definition) is 2. The number of aromatic hydroxyl groups is 1. The van der Waals surface area contributed by atoms with Crippen LogP contribution in [0.2, 0.25) is 5.02 Å². The molecule has 0 aromatic heterocycles. The number of ether oxygens (including phenoxy) is 1. The Morgan fingerprint density at radius 1 is 1.37 bits per heavy atom. The zero-order chi connectivity index (χ0) is 19.6. The van der Waals surface area contributed by atoms with Crippen molar-refractivity contribution in [3.8, 4) is 11.5 Å². The van der Waals surface area contributed by atoms with Crippen molar-refractivity contribution in [1.82, 2.24) is 10.2 Å². The second kappa shape index (κ2) is 7.72. The summed E-state index contributed by atoms with van der Waals surface area (Å²) in [6.45, 7) is 4.59. The van der Waals surface area contributed by atoms with Gasteiger partial charge in [0.2, 0.25) is 5.91 Å². The maximum atomic E-state index is 12.9. The number of nitrogens with one attached hydrogen (secondary N) is 1. The smallest absolute Gasteiger partial charge is 0.258 e. The fraction of sp³-hybridized carbons (Fsp3) is 0.200. The van der Waals surface area contributed by atoms with E-state index in [1.807, 2.05) is 18.2 Å². The van der Waals surface area contributed by atoms with Gasteiger partial charge in [0.1, 0.15) is 11.5 Å². The number of carbonyl (C=O) groups excluding carboxylic acids is 2. The molecule has 0 fully saturated rings. The molecule has 2 N–H and O–H groups in total. The lowest BCUT2D eigenvalue weighted by molar-refractivity contribution is -0.116. The number of benzene rings is 2. The molecule has 0 saturated heterocycles. The predicted octanol–water partition coefficient (Wildman–Crippen LogP) is 3.01. The second-order valence-corrected chi connectivity index (χ2v) is 6.55. The Hall–Kier alpha value is -2.99. The van der Waals surface area contributed by atoms with Gasteiger partial charge in [-0.1, -0.05) is 36.4 Å². The Labute approximate surface area is 162 Å². The molecule has 2 aromatic carbocycles. The highest BCUT2D eigenvalue weighted by Gasteiger charge is 2.28. The Kier molecular flexibility index (Phi) is 5.37. The molecule has 1 heterocycles. The molecular formula is C20H19ClN2O4. The highest BCUT2D eigenvalue weighted by molar-refractivity contribution is 6.32. The van der Waals surface area contributed by atoms with Gasteiger partial charge in [-0.15, -0.1) is 0 Å². The van der Waals surface area contributed by atoms with E-state index in [0.717, 1.165) is 16.7 Å². The van der Waals surface area contributed by atoms with Crippen LogP contribution in [0.15, 0.2) is 43.0 Å². The van der Waals surface area contributed by atoms with Gasteiger partial charge >= 0.3 is 0 Å². The molecule has 6 nitrogen and oxygen atoms in total. The molecule has 3 rings (SSSR count). The van der Waals surface area contributed by atoms with Gasteiger partial charge in [0.15, 0.2) is 0 Å². The molecule has 27 heavy (non-hydrogen) atoms. The molecule has 0 unspecified atom stereocenters. The van der Waals surface area contributed by atoms with E-state index in [2.05, 4.69) is 11.9 Å². The summed E-state index contributed by atoms with van der Waals surface area (Å²) < 4.78 is 5.05. The van der Waals surface area contributed by atoms with E-state index in [0.29, 0.717) is 25.4 Å². The van der Waals surface area contributed by atoms with Gasteiger partial charge in [-0.2, -0.15) is 0 Å². The van der Waals surface area contributed by atoms with E-state index >= 15 is 0 Å². The Morgan fingerprint density at radius 3 is 2.85 bits per heavy atom. The van der Waals surface area contributed by atoms with Crippen LogP contribution in [-0.4, -0.2) is 28.9 Å². The first-order chi connectivity index (χ1) is 12.9. The largest absolute Gasteiger partial charge is 0.507 e. The van der Waals surface area contributed by atoms with Crippen molar-refractivity contribution < 1.29 is 19.4 Å². The number of fused-ring (bicyclic) bond motifs is 1. The molecule has 0 spiro atoms. The van der Waals surface area contributed by atoms with E-state index in [4.69, 9.17) is 16.3 Å². The Balaban J connectivity index is 1.82. The molecule has 140 valence electrons. The minimum absolute atomic E-state index is 0.120. The average molecular weight is 387 g/mol. The van der Waals surface area contributed by atoms with Gasteiger partial charge in [0.05, 0.1) is 17.7 Å². The molecule has 0 saturated carbocycles. The fourth-order valence-electron chi connectivity index (χ4n) is 3.10. The first kappa shape index (κ1) is 18.8. The number of amides is 2. The zero-order valence-electron chi connectivity index (χ0n) is 14.8.